The number of pyridine rings is 1. The highest BCUT2D eigenvalue weighted by atomic mass is 16.5. The van der Waals surface area contributed by atoms with Crippen LogP contribution in [-0.2, 0) is 4.79 Å². The van der Waals surface area contributed by atoms with Crippen molar-refractivity contribution in [2.75, 3.05) is 13.2 Å². The van der Waals surface area contributed by atoms with E-state index in [2.05, 4.69) is 15.8 Å². The van der Waals surface area contributed by atoms with Gasteiger partial charge in [-0.1, -0.05) is 24.3 Å². The average molecular weight is 365 g/mol. The van der Waals surface area contributed by atoms with Gasteiger partial charge < -0.3 is 9.47 Å². The maximum absolute atomic E-state index is 12.1. The molecule has 7 nitrogen and oxygen atoms in total. The molecule has 0 bridgehead atoms. The number of fused-ring (bicyclic) bond motifs is 1. The molecule has 2 amide bonds. The lowest BCUT2D eigenvalue weighted by Crippen LogP contribution is -2.44. The van der Waals surface area contributed by atoms with E-state index in [4.69, 9.17) is 9.47 Å². The Bertz CT molecular complexity index is 941. The lowest BCUT2D eigenvalue weighted by atomic mass is 10.2. The second kappa shape index (κ2) is 8.66. The van der Waals surface area contributed by atoms with Crippen LogP contribution in [0.3, 0.4) is 0 Å². The molecular formula is C20H19N3O4. The van der Waals surface area contributed by atoms with E-state index in [0.29, 0.717) is 17.9 Å². The van der Waals surface area contributed by atoms with Crippen LogP contribution in [0.15, 0.2) is 60.7 Å². The Balaban J connectivity index is 1.48. The monoisotopic (exact) mass is 365 g/mol. The molecular weight excluding hydrogens is 346 g/mol. The number of hydrogen-bond donors (Lipinski definition) is 2. The van der Waals surface area contributed by atoms with E-state index in [1.54, 1.807) is 36.4 Å². The first kappa shape index (κ1) is 18.2. The van der Waals surface area contributed by atoms with Crippen molar-refractivity contribution in [3.8, 4) is 11.5 Å². The normalized spacial score (nSPS) is 10.3. The van der Waals surface area contributed by atoms with Gasteiger partial charge in [-0.3, -0.25) is 20.4 Å². The van der Waals surface area contributed by atoms with Gasteiger partial charge in [-0.2, -0.15) is 0 Å². The molecule has 0 aliphatic heterocycles. The van der Waals surface area contributed by atoms with Crippen LogP contribution in [0, 0.1) is 0 Å². The van der Waals surface area contributed by atoms with Crippen LogP contribution in [-0.4, -0.2) is 30.0 Å². The number of rotatable bonds is 6. The molecule has 0 radical (unpaired) electrons. The highest BCUT2D eigenvalue weighted by Crippen LogP contribution is 2.17. The van der Waals surface area contributed by atoms with Crippen LogP contribution in [0.5, 0.6) is 11.5 Å². The number of nitrogens with one attached hydrogen (secondary N) is 2. The largest absolute Gasteiger partial charge is 0.494 e. The molecule has 2 N–H and O–H groups in total. The first-order chi connectivity index (χ1) is 13.2. The number of hydrazine groups is 1. The van der Waals surface area contributed by atoms with Crippen molar-refractivity contribution in [2.24, 2.45) is 0 Å². The van der Waals surface area contributed by atoms with Gasteiger partial charge in [0, 0.05) is 5.39 Å². The molecule has 0 atom stereocenters. The Kier molecular flexibility index (Phi) is 5.84. The number of para-hydroxylation sites is 1. The SMILES string of the molecule is CCOc1ccc(OCC(=O)NNC(=O)c2ccc3ccccc3n2)cc1. The Morgan fingerprint density at radius 1 is 0.889 bits per heavy atom. The Morgan fingerprint density at radius 2 is 1.59 bits per heavy atom. The van der Waals surface area contributed by atoms with E-state index < -0.39 is 11.8 Å². The Morgan fingerprint density at radius 3 is 2.33 bits per heavy atom. The minimum absolute atomic E-state index is 0.210. The van der Waals surface area contributed by atoms with Gasteiger partial charge >= 0.3 is 0 Å². The number of benzene rings is 2. The molecule has 0 aliphatic carbocycles. The fraction of sp³-hybridized carbons (Fsp3) is 0.150. The molecule has 0 saturated carbocycles. The van der Waals surface area contributed by atoms with Crippen molar-refractivity contribution in [2.45, 2.75) is 6.92 Å². The minimum Gasteiger partial charge on any atom is -0.494 e. The van der Waals surface area contributed by atoms with Crippen molar-refractivity contribution < 1.29 is 19.1 Å². The molecule has 0 aliphatic rings. The van der Waals surface area contributed by atoms with E-state index in [0.717, 1.165) is 11.1 Å². The molecule has 2 aromatic carbocycles. The fourth-order valence-corrected chi connectivity index (χ4v) is 2.37. The summed E-state index contributed by atoms with van der Waals surface area (Å²) in [5, 5.41) is 0.932. The summed E-state index contributed by atoms with van der Waals surface area (Å²) in [6.45, 7) is 2.24. The molecule has 7 heteroatoms. The standard InChI is InChI=1S/C20H19N3O4/c1-2-26-15-8-10-16(11-9-15)27-13-19(24)22-23-20(25)18-12-7-14-5-3-4-6-17(14)21-18/h3-12H,2,13H2,1H3,(H,22,24)(H,23,25). The van der Waals surface area contributed by atoms with Gasteiger partial charge in [-0.05, 0) is 43.3 Å². The second-order valence-electron chi connectivity index (χ2n) is 5.58. The van der Waals surface area contributed by atoms with Crippen molar-refractivity contribution >= 4 is 22.7 Å². The summed E-state index contributed by atoms with van der Waals surface area (Å²) >= 11 is 0. The molecule has 27 heavy (non-hydrogen) atoms. The number of ether oxygens (including phenoxy) is 2. The summed E-state index contributed by atoms with van der Waals surface area (Å²) in [5.74, 6) is 0.258. The maximum atomic E-state index is 12.1. The van der Waals surface area contributed by atoms with Gasteiger partial charge in [0.1, 0.15) is 17.2 Å². The number of nitrogens with zero attached hydrogens (tertiary/aromatic N) is 1. The highest BCUT2D eigenvalue weighted by Gasteiger charge is 2.10. The van der Waals surface area contributed by atoms with Crippen molar-refractivity contribution in [3.05, 3.63) is 66.4 Å². The second-order valence-corrected chi connectivity index (χ2v) is 5.58. The van der Waals surface area contributed by atoms with Gasteiger partial charge in [-0.25, -0.2) is 4.98 Å². The lowest BCUT2D eigenvalue weighted by Gasteiger charge is -2.09. The van der Waals surface area contributed by atoms with Crippen LogP contribution >= 0.6 is 0 Å². The summed E-state index contributed by atoms with van der Waals surface area (Å²) in [7, 11) is 0. The molecule has 3 aromatic rings. The summed E-state index contributed by atoms with van der Waals surface area (Å²) in [4.78, 5) is 28.2. The third-order valence-electron chi connectivity index (χ3n) is 3.65. The maximum Gasteiger partial charge on any atom is 0.288 e. The predicted molar refractivity (Wildman–Crippen MR) is 100 cm³/mol. The molecule has 3 rings (SSSR count). The van der Waals surface area contributed by atoms with Crippen LogP contribution < -0.4 is 20.3 Å². The zero-order valence-electron chi connectivity index (χ0n) is 14.8. The summed E-state index contributed by atoms with van der Waals surface area (Å²) in [6, 6.07) is 17.8. The molecule has 0 fully saturated rings. The molecule has 0 saturated heterocycles. The summed E-state index contributed by atoms with van der Waals surface area (Å²) < 4.78 is 10.7. The van der Waals surface area contributed by atoms with Gasteiger partial charge in [0.05, 0.1) is 12.1 Å². The minimum atomic E-state index is -0.504. The van der Waals surface area contributed by atoms with Gasteiger partial charge in [0.15, 0.2) is 6.61 Å². The van der Waals surface area contributed by atoms with Gasteiger partial charge in [-0.15, -0.1) is 0 Å². The van der Waals surface area contributed by atoms with E-state index in [9.17, 15) is 9.59 Å². The van der Waals surface area contributed by atoms with Crippen molar-refractivity contribution in [3.63, 3.8) is 0 Å². The first-order valence-electron chi connectivity index (χ1n) is 8.46. The van der Waals surface area contributed by atoms with Crippen LogP contribution in [0.4, 0.5) is 0 Å². The lowest BCUT2D eigenvalue weighted by molar-refractivity contribution is -0.123. The third kappa shape index (κ3) is 4.94. The molecule has 138 valence electrons. The predicted octanol–water partition coefficient (Wildman–Crippen LogP) is 2.47. The van der Waals surface area contributed by atoms with E-state index in [1.165, 1.54) is 0 Å². The number of carbonyl (C=O) groups is 2. The Hall–Kier alpha value is -3.61. The van der Waals surface area contributed by atoms with Crippen LogP contribution in [0.2, 0.25) is 0 Å². The smallest absolute Gasteiger partial charge is 0.288 e. The topological polar surface area (TPSA) is 89.5 Å². The van der Waals surface area contributed by atoms with E-state index >= 15 is 0 Å². The van der Waals surface area contributed by atoms with Crippen molar-refractivity contribution in [1.82, 2.24) is 15.8 Å². The van der Waals surface area contributed by atoms with Crippen molar-refractivity contribution in [1.29, 1.82) is 0 Å². The molecule has 0 spiro atoms. The zero-order chi connectivity index (χ0) is 19.1. The number of aromatic nitrogens is 1. The summed E-state index contributed by atoms with van der Waals surface area (Å²) in [6.07, 6.45) is 0. The molecule has 0 unspecified atom stereocenters. The number of carbonyl (C=O) groups excluding carboxylic acids is 2. The Labute approximate surface area is 156 Å². The molecule has 1 heterocycles. The fourth-order valence-electron chi connectivity index (χ4n) is 2.37. The average Bonchev–Trinajstić information content (AvgIpc) is 2.71. The van der Waals surface area contributed by atoms with Crippen LogP contribution in [0.25, 0.3) is 10.9 Å². The van der Waals surface area contributed by atoms with Gasteiger partial charge in [0.25, 0.3) is 11.8 Å². The molecule has 1 aromatic heterocycles. The highest BCUT2D eigenvalue weighted by molar-refractivity contribution is 5.95. The summed E-state index contributed by atoms with van der Waals surface area (Å²) in [5.41, 5.74) is 5.54. The van der Waals surface area contributed by atoms with Crippen LogP contribution in [0.1, 0.15) is 17.4 Å². The third-order valence-corrected chi connectivity index (χ3v) is 3.65. The quantitative estimate of drug-likeness (QED) is 0.655. The van der Waals surface area contributed by atoms with E-state index in [1.807, 2.05) is 31.2 Å². The first-order valence-corrected chi connectivity index (χ1v) is 8.46. The zero-order valence-corrected chi connectivity index (χ0v) is 14.8. The number of amides is 2. The van der Waals surface area contributed by atoms with E-state index in [-0.39, 0.29) is 12.3 Å². The number of hydrogen-bond acceptors (Lipinski definition) is 5. The van der Waals surface area contributed by atoms with Gasteiger partial charge in [0.2, 0.25) is 0 Å².